The Hall–Kier alpha value is -5.66. The van der Waals surface area contributed by atoms with Crippen LogP contribution in [-0.4, -0.2) is 0 Å². The van der Waals surface area contributed by atoms with Gasteiger partial charge >= 0.3 is 0 Å². The monoisotopic (exact) mass is 587 g/mol. The first-order chi connectivity index (χ1) is 22.6. The SMILES string of the molecule is CC1(C)c2ccccc2-c2c(N(c3ccc(-c4ccccc4)cc3)c3cc4ccccc4c4ccccc34)cc3ccccc3c21. The van der Waals surface area contributed by atoms with E-state index in [0.717, 1.165) is 5.69 Å². The lowest BCUT2D eigenvalue weighted by Crippen LogP contribution is -2.17. The van der Waals surface area contributed by atoms with Crippen LogP contribution in [0.5, 0.6) is 0 Å². The van der Waals surface area contributed by atoms with E-state index >= 15 is 0 Å². The molecule has 0 heterocycles. The molecule has 0 saturated carbocycles. The average molecular weight is 588 g/mol. The molecule has 1 aliphatic rings. The molecule has 1 heteroatoms. The van der Waals surface area contributed by atoms with Crippen molar-refractivity contribution in [3.63, 3.8) is 0 Å². The molecule has 0 fully saturated rings. The molecule has 218 valence electrons. The Morgan fingerprint density at radius 1 is 0.435 bits per heavy atom. The van der Waals surface area contributed by atoms with E-state index in [9.17, 15) is 0 Å². The summed E-state index contributed by atoms with van der Waals surface area (Å²) < 4.78 is 0. The maximum Gasteiger partial charge on any atom is 0.0549 e. The Bertz CT molecular complexity index is 2430. The van der Waals surface area contributed by atoms with Gasteiger partial charge in [-0.15, -0.1) is 0 Å². The highest BCUT2D eigenvalue weighted by Crippen LogP contribution is 2.57. The van der Waals surface area contributed by atoms with Crippen molar-refractivity contribution in [3.05, 3.63) is 175 Å². The van der Waals surface area contributed by atoms with E-state index in [1.54, 1.807) is 0 Å². The van der Waals surface area contributed by atoms with Crippen molar-refractivity contribution >= 4 is 49.4 Å². The highest BCUT2D eigenvalue weighted by Gasteiger charge is 2.39. The molecule has 0 unspecified atom stereocenters. The topological polar surface area (TPSA) is 3.24 Å². The molecule has 0 amide bonds. The van der Waals surface area contributed by atoms with Gasteiger partial charge in [-0.3, -0.25) is 0 Å². The minimum absolute atomic E-state index is 0.143. The van der Waals surface area contributed by atoms with Crippen LogP contribution >= 0.6 is 0 Å². The van der Waals surface area contributed by atoms with E-state index in [0.29, 0.717) is 0 Å². The fourth-order valence-electron chi connectivity index (χ4n) is 7.87. The number of nitrogens with zero attached hydrogens (tertiary/aromatic N) is 1. The Balaban J connectivity index is 1.41. The summed E-state index contributed by atoms with van der Waals surface area (Å²) in [6.07, 6.45) is 0. The fraction of sp³-hybridized carbons (Fsp3) is 0.0667. The minimum Gasteiger partial charge on any atom is -0.309 e. The predicted molar refractivity (Wildman–Crippen MR) is 197 cm³/mol. The number of rotatable bonds is 4. The van der Waals surface area contributed by atoms with Crippen LogP contribution in [0.15, 0.2) is 164 Å². The van der Waals surface area contributed by atoms with Crippen molar-refractivity contribution < 1.29 is 0 Å². The predicted octanol–water partition coefficient (Wildman–Crippen LogP) is 12.6. The zero-order valence-corrected chi connectivity index (χ0v) is 26.0. The molecule has 8 aromatic rings. The van der Waals surface area contributed by atoms with Gasteiger partial charge in [-0.2, -0.15) is 0 Å². The normalized spacial score (nSPS) is 13.2. The molecule has 0 aromatic heterocycles. The molecule has 9 rings (SSSR count). The van der Waals surface area contributed by atoms with E-state index in [1.807, 2.05) is 0 Å². The molecule has 0 bridgehead atoms. The van der Waals surface area contributed by atoms with Gasteiger partial charge in [0, 0.05) is 22.1 Å². The second-order valence-corrected chi connectivity index (χ2v) is 12.9. The summed E-state index contributed by atoms with van der Waals surface area (Å²) in [5, 5.41) is 7.59. The zero-order chi connectivity index (χ0) is 30.8. The molecule has 0 radical (unpaired) electrons. The van der Waals surface area contributed by atoms with E-state index in [1.165, 1.54) is 77.1 Å². The van der Waals surface area contributed by atoms with Crippen LogP contribution in [0.3, 0.4) is 0 Å². The second kappa shape index (κ2) is 10.2. The third-order valence-electron chi connectivity index (χ3n) is 9.98. The number of anilines is 3. The summed E-state index contributed by atoms with van der Waals surface area (Å²) in [5.74, 6) is 0. The highest BCUT2D eigenvalue weighted by atomic mass is 15.1. The van der Waals surface area contributed by atoms with Gasteiger partial charge in [0.25, 0.3) is 0 Å². The number of hydrogen-bond acceptors (Lipinski definition) is 1. The van der Waals surface area contributed by atoms with Crippen molar-refractivity contribution in [1.29, 1.82) is 0 Å². The summed E-state index contributed by atoms with van der Waals surface area (Å²) in [5.41, 5.74) is 11.2. The van der Waals surface area contributed by atoms with Crippen LogP contribution in [0, 0.1) is 0 Å². The lowest BCUT2D eigenvalue weighted by molar-refractivity contribution is 0.666. The maximum atomic E-state index is 2.52. The van der Waals surface area contributed by atoms with Gasteiger partial charge in [0.1, 0.15) is 0 Å². The van der Waals surface area contributed by atoms with E-state index in [2.05, 4.69) is 183 Å². The van der Waals surface area contributed by atoms with Crippen LogP contribution in [0.25, 0.3) is 54.6 Å². The Morgan fingerprint density at radius 3 is 1.74 bits per heavy atom. The van der Waals surface area contributed by atoms with Crippen molar-refractivity contribution in [2.24, 2.45) is 0 Å². The van der Waals surface area contributed by atoms with Gasteiger partial charge in [-0.25, -0.2) is 0 Å². The fourth-order valence-corrected chi connectivity index (χ4v) is 7.87. The number of fused-ring (bicyclic) bond motifs is 8. The smallest absolute Gasteiger partial charge is 0.0549 e. The average Bonchev–Trinajstić information content (AvgIpc) is 3.36. The summed E-state index contributed by atoms with van der Waals surface area (Å²) in [6.45, 7) is 4.77. The van der Waals surface area contributed by atoms with Crippen LogP contribution in [-0.2, 0) is 5.41 Å². The molecule has 0 saturated heterocycles. The summed E-state index contributed by atoms with van der Waals surface area (Å²) in [4.78, 5) is 2.52. The Morgan fingerprint density at radius 2 is 0.978 bits per heavy atom. The Labute approximate surface area is 270 Å². The van der Waals surface area contributed by atoms with Crippen molar-refractivity contribution in [3.8, 4) is 22.3 Å². The quantitative estimate of drug-likeness (QED) is 0.185. The summed E-state index contributed by atoms with van der Waals surface area (Å²) in [6, 6.07) is 60.1. The molecular formula is C45H33N. The summed E-state index contributed by atoms with van der Waals surface area (Å²) in [7, 11) is 0. The van der Waals surface area contributed by atoms with Crippen LogP contribution in [0.4, 0.5) is 17.1 Å². The first kappa shape index (κ1) is 26.7. The maximum absolute atomic E-state index is 2.52. The first-order valence-electron chi connectivity index (χ1n) is 16.1. The van der Waals surface area contributed by atoms with Gasteiger partial charge in [0.2, 0.25) is 0 Å². The molecule has 8 aromatic carbocycles. The number of hydrogen-bond donors (Lipinski definition) is 0. The zero-order valence-electron chi connectivity index (χ0n) is 26.0. The first-order valence-corrected chi connectivity index (χ1v) is 16.1. The number of benzene rings is 8. The van der Waals surface area contributed by atoms with E-state index < -0.39 is 0 Å². The molecule has 0 spiro atoms. The van der Waals surface area contributed by atoms with Crippen LogP contribution in [0.1, 0.15) is 25.0 Å². The highest BCUT2D eigenvalue weighted by molar-refractivity contribution is 6.16. The molecule has 46 heavy (non-hydrogen) atoms. The van der Waals surface area contributed by atoms with Crippen molar-refractivity contribution in [2.75, 3.05) is 4.90 Å². The third kappa shape index (κ3) is 3.95. The van der Waals surface area contributed by atoms with Crippen LogP contribution < -0.4 is 4.90 Å². The molecule has 1 nitrogen and oxygen atoms in total. The van der Waals surface area contributed by atoms with Gasteiger partial charge in [-0.1, -0.05) is 153 Å². The van der Waals surface area contributed by atoms with Crippen LogP contribution in [0.2, 0.25) is 0 Å². The Kier molecular flexibility index (Phi) is 5.92. The second-order valence-electron chi connectivity index (χ2n) is 12.9. The van der Waals surface area contributed by atoms with Crippen molar-refractivity contribution in [1.82, 2.24) is 0 Å². The minimum atomic E-state index is -0.143. The van der Waals surface area contributed by atoms with Crippen molar-refractivity contribution in [2.45, 2.75) is 19.3 Å². The molecule has 0 aliphatic heterocycles. The van der Waals surface area contributed by atoms with E-state index in [4.69, 9.17) is 0 Å². The van der Waals surface area contributed by atoms with Gasteiger partial charge < -0.3 is 4.90 Å². The molecular weight excluding hydrogens is 555 g/mol. The largest absolute Gasteiger partial charge is 0.309 e. The van der Waals surface area contributed by atoms with Gasteiger partial charge in [-0.05, 0) is 79.0 Å². The van der Waals surface area contributed by atoms with Gasteiger partial charge in [0.05, 0.1) is 11.4 Å². The lowest BCUT2D eigenvalue weighted by Gasteiger charge is -2.31. The molecule has 1 aliphatic carbocycles. The molecule has 0 atom stereocenters. The third-order valence-corrected chi connectivity index (χ3v) is 9.98. The van der Waals surface area contributed by atoms with E-state index in [-0.39, 0.29) is 5.41 Å². The lowest BCUT2D eigenvalue weighted by atomic mass is 9.80. The standard InChI is InChI=1S/C45H33N/c1-45(2)40-23-13-12-22-39(40)43-42(29-33-17-7-9-19-36(33)44(43)45)46(34-26-24-31(25-27-34)30-14-4-3-5-15-30)41-28-32-16-6-8-18-35(32)37-20-10-11-21-38(37)41/h3-29H,1-2H3. The summed E-state index contributed by atoms with van der Waals surface area (Å²) >= 11 is 0. The van der Waals surface area contributed by atoms with Gasteiger partial charge in [0.15, 0.2) is 0 Å². The molecule has 0 N–H and O–H groups in total.